The van der Waals surface area contributed by atoms with Crippen molar-refractivity contribution in [3.8, 4) is 0 Å². The molecule has 0 radical (unpaired) electrons. The Morgan fingerprint density at radius 1 is 1.67 bits per heavy atom. The number of carbonyl (C=O) groups is 1. The molecule has 8 heteroatoms. The lowest BCUT2D eigenvalue weighted by molar-refractivity contribution is 0.192. The zero-order valence-electron chi connectivity index (χ0n) is 9.35. The van der Waals surface area contributed by atoms with Crippen molar-refractivity contribution >= 4 is 29.8 Å². The molecule has 1 saturated carbocycles. The van der Waals surface area contributed by atoms with Crippen LogP contribution in [0.1, 0.15) is 5.01 Å². The van der Waals surface area contributed by atoms with E-state index in [9.17, 15) is 9.18 Å². The van der Waals surface area contributed by atoms with Crippen LogP contribution < -0.4 is 10.6 Å². The van der Waals surface area contributed by atoms with Gasteiger partial charge in [0.05, 0.1) is 6.20 Å². The van der Waals surface area contributed by atoms with Crippen LogP contribution in [0.15, 0.2) is 6.20 Å². The van der Waals surface area contributed by atoms with Gasteiger partial charge in [0.15, 0.2) is 5.13 Å². The predicted octanol–water partition coefficient (Wildman–Crippen LogP) is 1.06. The quantitative estimate of drug-likeness (QED) is 0.779. The van der Waals surface area contributed by atoms with Gasteiger partial charge in [0.2, 0.25) is 0 Å². The summed E-state index contributed by atoms with van der Waals surface area (Å²) in [6.07, 6.45) is 0.170. The summed E-state index contributed by atoms with van der Waals surface area (Å²) in [4.78, 5) is 14.7. The number of fused-ring (bicyclic) bond motifs is 1. The van der Waals surface area contributed by atoms with Crippen molar-refractivity contribution in [3.05, 3.63) is 16.3 Å². The molecule has 1 aliphatic carbocycles. The van der Waals surface area contributed by atoms with Gasteiger partial charge in [-0.25, -0.2) is 9.78 Å². The maximum atomic E-state index is 13.1. The zero-order chi connectivity index (χ0) is 12.0. The van der Waals surface area contributed by atoms with Gasteiger partial charge >= 0.3 is 6.09 Å². The number of amides is 1. The third kappa shape index (κ3) is 1.86. The first kappa shape index (κ1) is 13.5. The van der Waals surface area contributed by atoms with E-state index in [4.69, 9.17) is 5.11 Å². The maximum absolute atomic E-state index is 13.1. The number of hydrogen-bond donors (Lipinski definition) is 3. The Bertz CT molecular complexity index is 460. The minimum atomic E-state index is -1.04. The molecule has 3 atom stereocenters. The molecule has 1 aliphatic heterocycles. The van der Waals surface area contributed by atoms with E-state index in [-0.39, 0.29) is 23.0 Å². The Kier molecular flexibility index (Phi) is 3.48. The van der Waals surface area contributed by atoms with E-state index in [1.807, 2.05) is 0 Å². The van der Waals surface area contributed by atoms with E-state index in [1.54, 1.807) is 0 Å². The largest absolute Gasteiger partial charge is 0.465 e. The molecule has 100 valence electrons. The van der Waals surface area contributed by atoms with E-state index >= 15 is 0 Å². The highest BCUT2D eigenvalue weighted by molar-refractivity contribution is 7.10. The molecule has 5 nitrogen and oxygen atoms in total. The molecular formula is C10H13ClFN3O2S. The minimum Gasteiger partial charge on any atom is -0.465 e. The zero-order valence-corrected chi connectivity index (χ0v) is 11.0. The lowest BCUT2D eigenvalue weighted by Crippen LogP contribution is -2.37. The Morgan fingerprint density at radius 2 is 2.33 bits per heavy atom. The molecule has 18 heavy (non-hydrogen) atoms. The van der Waals surface area contributed by atoms with Crippen LogP contribution in [0.25, 0.3) is 0 Å². The van der Waals surface area contributed by atoms with Crippen LogP contribution in [0, 0.1) is 17.0 Å². The van der Waals surface area contributed by atoms with Crippen molar-refractivity contribution < 1.29 is 14.3 Å². The fraction of sp³-hybridized carbons (Fsp3) is 0.600. The monoisotopic (exact) mass is 293 g/mol. The standard InChI is InChI=1S/C10H12FN3O2S.ClH/c11-7-3-13-8(17-7)10(4-14-9(15)16)5-1-12-2-6(5)10;/h3,5-6,12,14H,1-2,4H2,(H,15,16);1H/t5-,6+,10?;. The number of hydrogen-bond acceptors (Lipinski definition) is 4. The van der Waals surface area contributed by atoms with Crippen molar-refractivity contribution in [3.63, 3.8) is 0 Å². The molecule has 2 fully saturated rings. The summed E-state index contributed by atoms with van der Waals surface area (Å²) < 4.78 is 13.1. The Morgan fingerprint density at radius 3 is 2.83 bits per heavy atom. The van der Waals surface area contributed by atoms with E-state index in [0.717, 1.165) is 29.4 Å². The lowest BCUT2D eigenvalue weighted by Gasteiger charge is -2.18. The summed E-state index contributed by atoms with van der Waals surface area (Å²) in [5.74, 6) is 0.750. The van der Waals surface area contributed by atoms with Crippen molar-refractivity contribution in [2.45, 2.75) is 5.41 Å². The second-order valence-corrected chi connectivity index (χ2v) is 5.52. The molecule has 1 unspecified atom stereocenters. The van der Waals surface area contributed by atoms with Crippen LogP contribution in [0.2, 0.25) is 0 Å². The van der Waals surface area contributed by atoms with Gasteiger partial charge in [0.1, 0.15) is 5.01 Å². The smallest absolute Gasteiger partial charge is 0.404 e. The molecule has 0 aromatic carbocycles. The summed E-state index contributed by atoms with van der Waals surface area (Å²) in [7, 11) is 0. The van der Waals surface area contributed by atoms with Gasteiger partial charge in [-0.2, -0.15) is 4.39 Å². The summed E-state index contributed by atoms with van der Waals surface area (Å²) in [6.45, 7) is 2.03. The molecule has 1 aromatic rings. The third-order valence-corrected chi connectivity index (χ3v) is 4.82. The highest BCUT2D eigenvalue weighted by Crippen LogP contribution is 2.61. The molecule has 0 bridgehead atoms. The molecule has 2 aliphatic rings. The molecule has 3 N–H and O–H groups in total. The SMILES string of the molecule is Cl.O=C(O)NCC1(c2ncc(F)s2)[C@@H]2CNC[C@@H]21. The fourth-order valence-electron chi connectivity index (χ4n) is 2.99. The second kappa shape index (κ2) is 4.64. The predicted molar refractivity (Wildman–Crippen MR) is 66.9 cm³/mol. The van der Waals surface area contributed by atoms with Crippen LogP contribution in [0.5, 0.6) is 0 Å². The molecule has 1 amide bonds. The van der Waals surface area contributed by atoms with Gasteiger partial charge in [-0.05, 0) is 24.9 Å². The van der Waals surface area contributed by atoms with Crippen molar-refractivity contribution in [2.24, 2.45) is 11.8 Å². The van der Waals surface area contributed by atoms with Gasteiger partial charge in [-0.3, -0.25) is 0 Å². The van der Waals surface area contributed by atoms with Crippen LogP contribution >= 0.6 is 23.7 Å². The van der Waals surface area contributed by atoms with Gasteiger partial charge in [0, 0.05) is 12.0 Å². The number of rotatable bonds is 3. The molecule has 1 saturated heterocycles. The van der Waals surface area contributed by atoms with Gasteiger partial charge in [-0.1, -0.05) is 11.3 Å². The topological polar surface area (TPSA) is 74.2 Å². The average molecular weight is 294 g/mol. The molecular weight excluding hydrogens is 281 g/mol. The van der Waals surface area contributed by atoms with E-state index in [2.05, 4.69) is 15.6 Å². The number of halogens is 2. The number of carboxylic acid groups (broad SMARTS) is 1. The van der Waals surface area contributed by atoms with Gasteiger partial charge in [-0.15, -0.1) is 12.4 Å². The highest BCUT2D eigenvalue weighted by atomic mass is 35.5. The first-order valence-corrected chi connectivity index (χ1v) is 6.25. The highest BCUT2D eigenvalue weighted by Gasteiger charge is 2.68. The summed E-state index contributed by atoms with van der Waals surface area (Å²) in [5, 5.41) is 14.8. The number of thiazole rings is 1. The van der Waals surface area contributed by atoms with Crippen molar-refractivity contribution in [1.82, 2.24) is 15.6 Å². The third-order valence-electron chi connectivity index (χ3n) is 3.84. The van der Waals surface area contributed by atoms with Crippen LogP contribution in [0.3, 0.4) is 0 Å². The van der Waals surface area contributed by atoms with E-state index in [0.29, 0.717) is 18.4 Å². The molecule has 3 rings (SSSR count). The van der Waals surface area contributed by atoms with Crippen molar-refractivity contribution in [2.75, 3.05) is 19.6 Å². The number of nitrogens with zero attached hydrogens (tertiary/aromatic N) is 1. The normalized spacial score (nSPS) is 32.5. The number of nitrogens with one attached hydrogen (secondary N) is 2. The van der Waals surface area contributed by atoms with Crippen LogP contribution in [-0.4, -0.2) is 35.8 Å². The number of piperidine rings is 1. The molecule has 1 aromatic heterocycles. The Hall–Kier alpha value is -0.920. The minimum absolute atomic E-state index is 0. The fourth-order valence-corrected chi connectivity index (χ4v) is 3.95. The first-order chi connectivity index (χ1) is 8.14. The molecule has 2 heterocycles. The number of aromatic nitrogens is 1. The van der Waals surface area contributed by atoms with Crippen LogP contribution in [-0.2, 0) is 5.41 Å². The maximum Gasteiger partial charge on any atom is 0.404 e. The summed E-state index contributed by atoms with van der Waals surface area (Å²) in [6, 6.07) is 0. The second-order valence-electron chi connectivity index (χ2n) is 4.54. The summed E-state index contributed by atoms with van der Waals surface area (Å²) >= 11 is 1.03. The Labute approximate surface area is 113 Å². The van der Waals surface area contributed by atoms with Gasteiger partial charge < -0.3 is 15.7 Å². The van der Waals surface area contributed by atoms with E-state index < -0.39 is 6.09 Å². The Balaban J connectivity index is 0.00000120. The average Bonchev–Trinajstić information content (AvgIpc) is 2.73. The van der Waals surface area contributed by atoms with Crippen LogP contribution in [0.4, 0.5) is 9.18 Å². The lowest BCUT2D eigenvalue weighted by atomic mass is 10.0. The van der Waals surface area contributed by atoms with E-state index in [1.165, 1.54) is 6.20 Å². The van der Waals surface area contributed by atoms with Gasteiger partial charge in [0.25, 0.3) is 0 Å². The van der Waals surface area contributed by atoms with Crippen molar-refractivity contribution in [1.29, 1.82) is 0 Å². The molecule has 0 spiro atoms. The first-order valence-electron chi connectivity index (χ1n) is 5.44. The summed E-state index contributed by atoms with van der Waals surface area (Å²) in [5.41, 5.74) is -0.279.